The van der Waals surface area contributed by atoms with Crippen LogP contribution < -0.4 is 10.0 Å². The molecular weight excluding hydrogens is 310 g/mol. The number of piperidine rings is 1. The van der Waals surface area contributed by atoms with E-state index in [1.165, 1.54) is 4.31 Å². The van der Waals surface area contributed by atoms with Gasteiger partial charge in [0.25, 0.3) is 0 Å². The molecule has 0 aliphatic carbocycles. The van der Waals surface area contributed by atoms with E-state index in [0.717, 1.165) is 25.9 Å². The van der Waals surface area contributed by atoms with Gasteiger partial charge in [0.15, 0.2) is 0 Å². The van der Waals surface area contributed by atoms with Gasteiger partial charge in [-0.25, -0.2) is 0 Å². The highest BCUT2D eigenvalue weighted by molar-refractivity contribution is 7.90. The lowest BCUT2D eigenvalue weighted by atomic mass is 10.00. The Morgan fingerprint density at radius 3 is 2.95 bits per heavy atom. The first-order valence-corrected chi connectivity index (χ1v) is 9.07. The maximum Gasteiger partial charge on any atom is 0.301 e. The van der Waals surface area contributed by atoms with E-state index >= 15 is 0 Å². The lowest BCUT2D eigenvalue weighted by Gasteiger charge is -2.32. The molecule has 0 aromatic heterocycles. The van der Waals surface area contributed by atoms with Crippen molar-refractivity contribution < 1.29 is 8.42 Å². The van der Waals surface area contributed by atoms with Gasteiger partial charge in [-0.15, -0.1) is 0 Å². The lowest BCUT2D eigenvalue weighted by Crippen LogP contribution is -2.45. The number of benzene rings is 1. The van der Waals surface area contributed by atoms with Crippen molar-refractivity contribution in [2.45, 2.75) is 19.8 Å². The monoisotopic (exact) mass is 331 g/mol. The number of halogens is 1. The standard InChI is InChI=1S/C14H22ClN3O2S/c1-2-16-10-12-5-4-8-18(11-12)21(19,20)17-14-7-3-6-13(15)9-14/h3,6-7,9,12,16-17H,2,4-5,8,10-11H2,1H3. The second kappa shape index (κ2) is 7.45. The van der Waals surface area contributed by atoms with Crippen LogP contribution in [0.25, 0.3) is 0 Å². The van der Waals surface area contributed by atoms with Crippen molar-refractivity contribution in [3.8, 4) is 0 Å². The first-order chi connectivity index (χ1) is 10.0. The molecule has 7 heteroatoms. The van der Waals surface area contributed by atoms with Crippen molar-refractivity contribution in [2.75, 3.05) is 30.9 Å². The summed E-state index contributed by atoms with van der Waals surface area (Å²) in [6.07, 6.45) is 1.96. The van der Waals surface area contributed by atoms with Crippen molar-refractivity contribution in [3.63, 3.8) is 0 Å². The van der Waals surface area contributed by atoms with Gasteiger partial charge in [-0.1, -0.05) is 24.6 Å². The molecule has 1 aliphatic rings. The molecule has 21 heavy (non-hydrogen) atoms. The average molecular weight is 332 g/mol. The highest BCUT2D eigenvalue weighted by Gasteiger charge is 2.28. The SMILES string of the molecule is CCNCC1CCCN(S(=O)(=O)Nc2cccc(Cl)c2)C1. The van der Waals surface area contributed by atoms with E-state index in [4.69, 9.17) is 11.6 Å². The van der Waals surface area contributed by atoms with Crippen molar-refractivity contribution >= 4 is 27.5 Å². The van der Waals surface area contributed by atoms with Gasteiger partial charge in [0.05, 0.1) is 5.69 Å². The molecule has 1 atom stereocenters. The third kappa shape index (κ3) is 4.85. The molecule has 118 valence electrons. The van der Waals surface area contributed by atoms with Crippen LogP contribution in [0, 0.1) is 5.92 Å². The molecule has 1 aromatic carbocycles. The molecule has 0 spiro atoms. The Morgan fingerprint density at radius 1 is 1.43 bits per heavy atom. The summed E-state index contributed by atoms with van der Waals surface area (Å²) in [6.45, 7) is 4.95. The van der Waals surface area contributed by atoms with Crippen LogP contribution in [0.3, 0.4) is 0 Å². The molecule has 0 amide bonds. The van der Waals surface area contributed by atoms with Gasteiger partial charge in [0, 0.05) is 18.1 Å². The van der Waals surface area contributed by atoms with Crippen LogP contribution in [-0.4, -0.2) is 38.9 Å². The van der Waals surface area contributed by atoms with Crippen LogP contribution in [0.15, 0.2) is 24.3 Å². The summed E-state index contributed by atoms with van der Waals surface area (Å²) in [6, 6.07) is 6.75. The summed E-state index contributed by atoms with van der Waals surface area (Å²) in [7, 11) is -3.51. The van der Waals surface area contributed by atoms with Gasteiger partial charge in [0.2, 0.25) is 0 Å². The molecule has 2 rings (SSSR count). The molecule has 1 saturated heterocycles. The molecule has 0 bridgehead atoms. The van der Waals surface area contributed by atoms with Gasteiger partial charge in [-0.05, 0) is 50.0 Å². The van der Waals surface area contributed by atoms with Crippen molar-refractivity contribution in [1.82, 2.24) is 9.62 Å². The Balaban J connectivity index is 2.01. The van der Waals surface area contributed by atoms with Gasteiger partial charge in [0.1, 0.15) is 0 Å². The molecule has 0 saturated carbocycles. The zero-order chi connectivity index (χ0) is 15.3. The number of hydrogen-bond acceptors (Lipinski definition) is 3. The third-order valence-corrected chi connectivity index (χ3v) is 5.32. The van der Waals surface area contributed by atoms with Gasteiger partial charge < -0.3 is 5.32 Å². The highest BCUT2D eigenvalue weighted by atomic mass is 35.5. The normalized spacial score (nSPS) is 20.4. The van der Waals surface area contributed by atoms with Gasteiger partial charge >= 0.3 is 10.2 Å². The lowest BCUT2D eigenvalue weighted by molar-refractivity contribution is 0.262. The smallest absolute Gasteiger partial charge is 0.301 e. The third-order valence-electron chi connectivity index (χ3n) is 3.58. The molecular formula is C14H22ClN3O2S. The van der Waals surface area contributed by atoms with E-state index in [1.54, 1.807) is 24.3 Å². The second-order valence-electron chi connectivity index (χ2n) is 5.29. The summed E-state index contributed by atoms with van der Waals surface area (Å²) in [5, 5.41) is 3.80. The van der Waals surface area contributed by atoms with E-state index in [9.17, 15) is 8.42 Å². The predicted octanol–water partition coefficient (Wildman–Crippen LogP) is 2.32. The first kappa shape index (κ1) is 16.5. The maximum atomic E-state index is 12.4. The largest absolute Gasteiger partial charge is 0.317 e. The summed E-state index contributed by atoms with van der Waals surface area (Å²) >= 11 is 5.88. The highest BCUT2D eigenvalue weighted by Crippen LogP contribution is 2.21. The Kier molecular flexibility index (Phi) is 5.87. The molecule has 1 aliphatic heterocycles. The summed E-state index contributed by atoms with van der Waals surface area (Å²) in [5.74, 6) is 0.370. The molecule has 2 N–H and O–H groups in total. The van der Waals surface area contributed by atoms with E-state index in [-0.39, 0.29) is 0 Å². The topological polar surface area (TPSA) is 61.4 Å². The quantitative estimate of drug-likeness (QED) is 0.841. The fraction of sp³-hybridized carbons (Fsp3) is 0.571. The molecule has 0 radical (unpaired) electrons. The molecule has 5 nitrogen and oxygen atoms in total. The average Bonchev–Trinajstić information content (AvgIpc) is 2.45. The van der Waals surface area contributed by atoms with Gasteiger partial charge in [-0.2, -0.15) is 12.7 Å². The zero-order valence-corrected chi connectivity index (χ0v) is 13.8. The number of hydrogen-bond donors (Lipinski definition) is 2. The van der Waals surface area contributed by atoms with Crippen LogP contribution in [-0.2, 0) is 10.2 Å². The van der Waals surface area contributed by atoms with E-state index in [1.807, 2.05) is 0 Å². The summed E-state index contributed by atoms with van der Waals surface area (Å²) in [5.41, 5.74) is 0.497. The van der Waals surface area contributed by atoms with Crippen LogP contribution in [0.5, 0.6) is 0 Å². The molecule has 1 fully saturated rings. The molecule has 1 unspecified atom stereocenters. The fourth-order valence-electron chi connectivity index (χ4n) is 2.53. The van der Waals surface area contributed by atoms with Crippen LogP contribution >= 0.6 is 11.6 Å². The predicted molar refractivity (Wildman–Crippen MR) is 86.8 cm³/mol. The molecule has 1 heterocycles. The summed E-state index contributed by atoms with van der Waals surface area (Å²) in [4.78, 5) is 0. The number of nitrogens with one attached hydrogen (secondary N) is 2. The number of rotatable bonds is 6. The van der Waals surface area contributed by atoms with Crippen molar-refractivity contribution in [3.05, 3.63) is 29.3 Å². The van der Waals surface area contributed by atoms with Crippen molar-refractivity contribution in [2.24, 2.45) is 5.92 Å². The minimum Gasteiger partial charge on any atom is -0.317 e. The van der Waals surface area contributed by atoms with E-state index < -0.39 is 10.2 Å². The number of anilines is 1. The minimum atomic E-state index is -3.51. The minimum absolute atomic E-state index is 0.370. The second-order valence-corrected chi connectivity index (χ2v) is 7.40. The first-order valence-electron chi connectivity index (χ1n) is 7.25. The Bertz CT molecular complexity index is 565. The molecule has 1 aromatic rings. The summed E-state index contributed by atoms with van der Waals surface area (Å²) < 4.78 is 29.0. The van der Waals surface area contributed by atoms with Gasteiger partial charge in [-0.3, -0.25) is 4.72 Å². The Morgan fingerprint density at radius 2 is 2.24 bits per heavy atom. The van der Waals surface area contributed by atoms with E-state index in [0.29, 0.717) is 29.7 Å². The zero-order valence-electron chi connectivity index (χ0n) is 12.2. The van der Waals surface area contributed by atoms with Crippen LogP contribution in [0.4, 0.5) is 5.69 Å². The fourth-order valence-corrected chi connectivity index (χ4v) is 4.05. The van der Waals surface area contributed by atoms with Crippen molar-refractivity contribution in [1.29, 1.82) is 0 Å². The van der Waals surface area contributed by atoms with E-state index in [2.05, 4.69) is 17.0 Å². The Hall–Kier alpha value is -0.820. The maximum absolute atomic E-state index is 12.4. The Labute approximate surface area is 131 Å². The van der Waals surface area contributed by atoms with Crippen LogP contribution in [0.2, 0.25) is 5.02 Å². The number of nitrogens with zero attached hydrogens (tertiary/aromatic N) is 1. The van der Waals surface area contributed by atoms with Crippen LogP contribution in [0.1, 0.15) is 19.8 Å².